The number of aliphatic carboxylic acids is 1. The van der Waals surface area contributed by atoms with Gasteiger partial charge in [-0.3, -0.25) is 14.5 Å². The molecule has 0 atom stereocenters. The Balaban J connectivity index is 2.28. The molecule has 0 unspecified atom stereocenters. The van der Waals surface area contributed by atoms with Gasteiger partial charge in [0.2, 0.25) is 0 Å². The van der Waals surface area contributed by atoms with Gasteiger partial charge in [0.1, 0.15) is 0 Å². The van der Waals surface area contributed by atoms with E-state index < -0.39 is 23.7 Å². The standard InChI is InChI=1S/C14H13NO6S/c1-20-9-4-3-8(5-10(9)21-2)6-11-13(18)15(7-12(16)17)14(19)22-11/h3-6H,7H2,1-2H3,(H,16,17)/p-1/b11-6+. The minimum atomic E-state index is -1.49. The highest BCUT2D eigenvalue weighted by Crippen LogP contribution is 2.34. The zero-order chi connectivity index (χ0) is 16.3. The van der Waals surface area contributed by atoms with Gasteiger partial charge in [0, 0.05) is 0 Å². The summed E-state index contributed by atoms with van der Waals surface area (Å²) in [5.74, 6) is -1.14. The molecule has 7 nitrogen and oxygen atoms in total. The normalized spacial score (nSPS) is 16.3. The van der Waals surface area contributed by atoms with Crippen molar-refractivity contribution in [3.8, 4) is 11.5 Å². The molecule has 2 amide bonds. The number of rotatable bonds is 5. The molecular formula is C14H12NO6S-. The van der Waals surface area contributed by atoms with Crippen LogP contribution in [0.5, 0.6) is 11.5 Å². The second kappa shape index (κ2) is 6.52. The van der Waals surface area contributed by atoms with Gasteiger partial charge in [0.25, 0.3) is 11.1 Å². The first kappa shape index (κ1) is 15.9. The number of amides is 2. The predicted octanol–water partition coefficient (Wildman–Crippen LogP) is 0.490. The summed E-state index contributed by atoms with van der Waals surface area (Å²) in [5.41, 5.74) is 0.622. The summed E-state index contributed by atoms with van der Waals surface area (Å²) in [5, 5.41) is 9.91. The Morgan fingerprint density at radius 1 is 1.27 bits per heavy atom. The Bertz CT molecular complexity index is 669. The molecular weight excluding hydrogens is 310 g/mol. The fraction of sp³-hybridized carbons (Fsp3) is 0.214. The van der Waals surface area contributed by atoms with Crippen LogP contribution in [0.4, 0.5) is 4.79 Å². The molecule has 0 N–H and O–H groups in total. The molecule has 0 aromatic heterocycles. The number of imide groups is 1. The van der Waals surface area contributed by atoms with Crippen molar-refractivity contribution in [3.63, 3.8) is 0 Å². The summed E-state index contributed by atoms with van der Waals surface area (Å²) in [7, 11) is 2.98. The van der Waals surface area contributed by atoms with Crippen molar-refractivity contribution in [2.24, 2.45) is 0 Å². The van der Waals surface area contributed by atoms with Gasteiger partial charge < -0.3 is 19.4 Å². The minimum Gasteiger partial charge on any atom is -0.548 e. The van der Waals surface area contributed by atoms with Crippen LogP contribution in [0, 0.1) is 0 Å². The van der Waals surface area contributed by atoms with Gasteiger partial charge in [-0.2, -0.15) is 0 Å². The third-order valence-electron chi connectivity index (χ3n) is 2.87. The van der Waals surface area contributed by atoms with Crippen LogP contribution in [0.2, 0.25) is 0 Å². The Kier molecular flexibility index (Phi) is 4.71. The fourth-order valence-corrected chi connectivity index (χ4v) is 2.70. The number of hydrogen-bond donors (Lipinski definition) is 0. The van der Waals surface area contributed by atoms with E-state index in [1.54, 1.807) is 18.2 Å². The molecule has 1 aliphatic rings. The van der Waals surface area contributed by atoms with Crippen LogP contribution in [0.3, 0.4) is 0 Å². The molecule has 22 heavy (non-hydrogen) atoms. The highest BCUT2D eigenvalue weighted by Gasteiger charge is 2.34. The quantitative estimate of drug-likeness (QED) is 0.728. The lowest BCUT2D eigenvalue weighted by Gasteiger charge is -2.12. The Morgan fingerprint density at radius 2 is 1.95 bits per heavy atom. The topological polar surface area (TPSA) is 96.0 Å². The summed E-state index contributed by atoms with van der Waals surface area (Å²) >= 11 is 0.677. The minimum absolute atomic E-state index is 0.137. The van der Waals surface area contributed by atoms with E-state index in [0.29, 0.717) is 33.7 Å². The number of methoxy groups -OCH3 is 2. The van der Waals surface area contributed by atoms with E-state index in [1.165, 1.54) is 20.3 Å². The Morgan fingerprint density at radius 3 is 2.55 bits per heavy atom. The monoisotopic (exact) mass is 322 g/mol. The van der Waals surface area contributed by atoms with E-state index in [-0.39, 0.29) is 4.91 Å². The summed E-state index contributed by atoms with van der Waals surface area (Å²) < 4.78 is 10.3. The van der Waals surface area contributed by atoms with E-state index in [4.69, 9.17) is 9.47 Å². The highest BCUT2D eigenvalue weighted by atomic mass is 32.2. The Labute approximate surface area is 130 Å². The van der Waals surface area contributed by atoms with Crippen LogP contribution in [-0.4, -0.2) is 42.8 Å². The molecule has 1 aromatic carbocycles. The van der Waals surface area contributed by atoms with Gasteiger partial charge >= 0.3 is 0 Å². The van der Waals surface area contributed by atoms with Gasteiger partial charge in [0.05, 0.1) is 31.6 Å². The number of carboxylic acid groups (broad SMARTS) is 1. The molecule has 2 rings (SSSR count). The van der Waals surface area contributed by atoms with Crippen LogP contribution in [0.1, 0.15) is 5.56 Å². The SMILES string of the molecule is COc1ccc(/C=C2/SC(=O)N(CC(=O)[O-])C2=O)cc1OC. The first-order chi connectivity index (χ1) is 10.5. The number of carbonyl (C=O) groups is 3. The van der Waals surface area contributed by atoms with Gasteiger partial charge in [-0.1, -0.05) is 6.07 Å². The van der Waals surface area contributed by atoms with Crippen LogP contribution >= 0.6 is 11.8 Å². The largest absolute Gasteiger partial charge is 0.548 e. The maximum Gasteiger partial charge on any atom is 0.293 e. The lowest BCUT2D eigenvalue weighted by atomic mass is 10.2. The maximum absolute atomic E-state index is 12.0. The summed E-state index contributed by atoms with van der Waals surface area (Å²) in [6.07, 6.45) is 1.49. The third-order valence-corrected chi connectivity index (χ3v) is 3.77. The van der Waals surface area contributed by atoms with Crippen LogP contribution in [0.15, 0.2) is 23.1 Å². The van der Waals surface area contributed by atoms with Crippen molar-refractivity contribution in [2.75, 3.05) is 20.8 Å². The number of hydrogen-bond acceptors (Lipinski definition) is 7. The van der Waals surface area contributed by atoms with E-state index >= 15 is 0 Å². The molecule has 1 fully saturated rings. The van der Waals surface area contributed by atoms with Gasteiger partial charge in [-0.15, -0.1) is 0 Å². The molecule has 1 saturated heterocycles. The van der Waals surface area contributed by atoms with Crippen molar-refractivity contribution in [1.82, 2.24) is 4.90 Å². The smallest absolute Gasteiger partial charge is 0.293 e. The third kappa shape index (κ3) is 3.22. The summed E-state index contributed by atoms with van der Waals surface area (Å²) in [6, 6.07) is 5.00. The average molecular weight is 322 g/mol. The van der Waals surface area contributed by atoms with Crippen LogP contribution in [0.25, 0.3) is 6.08 Å². The number of nitrogens with zero attached hydrogens (tertiary/aromatic N) is 1. The first-order valence-corrected chi connectivity index (χ1v) is 6.95. The highest BCUT2D eigenvalue weighted by molar-refractivity contribution is 8.18. The number of ether oxygens (including phenoxy) is 2. The van der Waals surface area contributed by atoms with Gasteiger partial charge in [-0.25, -0.2) is 0 Å². The molecule has 0 aliphatic carbocycles. The van der Waals surface area contributed by atoms with E-state index in [2.05, 4.69) is 0 Å². The number of thioether (sulfide) groups is 1. The number of benzene rings is 1. The molecule has 0 spiro atoms. The molecule has 0 radical (unpaired) electrons. The molecule has 8 heteroatoms. The van der Waals surface area contributed by atoms with Crippen LogP contribution in [-0.2, 0) is 9.59 Å². The molecule has 1 aliphatic heterocycles. The van der Waals surface area contributed by atoms with Crippen LogP contribution < -0.4 is 14.6 Å². The molecule has 0 bridgehead atoms. The first-order valence-electron chi connectivity index (χ1n) is 6.13. The van der Waals surface area contributed by atoms with E-state index in [1.807, 2.05) is 0 Å². The van der Waals surface area contributed by atoms with Gasteiger partial charge in [-0.05, 0) is 35.5 Å². The van der Waals surface area contributed by atoms with Crippen molar-refractivity contribution in [3.05, 3.63) is 28.7 Å². The lowest BCUT2D eigenvalue weighted by Crippen LogP contribution is -2.40. The molecule has 1 aromatic rings. The second-order valence-corrected chi connectivity index (χ2v) is 5.25. The number of carboxylic acids is 1. The average Bonchev–Trinajstić information content (AvgIpc) is 2.74. The van der Waals surface area contributed by atoms with Gasteiger partial charge in [0.15, 0.2) is 11.5 Å². The lowest BCUT2D eigenvalue weighted by molar-refractivity contribution is -0.305. The molecule has 116 valence electrons. The Hall–Kier alpha value is -2.48. The zero-order valence-electron chi connectivity index (χ0n) is 11.8. The zero-order valence-corrected chi connectivity index (χ0v) is 12.6. The molecule has 0 saturated carbocycles. The van der Waals surface area contributed by atoms with Crippen molar-refractivity contribution in [2.45, 2.75) is 0 Å². The van der Waals surface area contributed by atoms with Crippen molar-refractivity contribution >= 4 is 35.0 Å². The molecule has 1 heterocycles. The predicted molar refractivity (Wildman–Crippen MR) is 77.2 cm³/mol. The summed E-state index contributed by atoms with van der Waals surface area (Å²) in [4.78, 5) is 35.0. The van der Waals surface area contributed by atoms with E-state index in [9.17, 15) is 19.5 Å². The summed E-state index contributed by atoms with van der Waals surface area (Å²) in [6.45, 7) is -0.756. The van der Waals surface area contributed by atoms with Crippen molar-refractivity contribution < 1.29 is 29.0 Å². The fourth-order valence-electron chi connectivity index (χ4n) is 1.86. The van der Waals surface area contributed by atoms with E-state index in [0.717, 1.165) is 0 Å². The van der Waals surface area contributed by atoms with Crippen molar-refractivity contribution in [1.29, 1.82) is 0 Å². The number of carbonyl (C=O) groups excluding carboxylic acids is 3. The second-order valence-electron chi connectivity index (χ2n) is 4.25. The maximum atomic E-state index is 12.0.